The number of imidazole rings is 1. The molecule has 1 aliphatic rings. The first-order valence-corrected chi connectivity index (χ1v) is 7.44. The number of anilines is 1. The van der Waals surface area contributed by atoms with Gasteiger partial charge in [-0.05, 0) is 13.8 Å². The highest BCUT2D eigenvalue weighted by molar-refractivity contribution is 5.77. The summed E-state index contributed by atoms with van der Waals surface area (Å²) in [6.07, 6.45) is -1.53. The lowest BCUT2D eigenvalue weighted by molar-refractivity contribution is -0.0469. The van der Waals surface area contributed by atoms with E-state index in [1.807, 2.05) is 0 Å². The second-order valence-corrected chi connectivity index (χ2v) is 5.69. The van der Waals surface area contributed by atoms with Crippen LogP contribution in [0.25, 0.3) is 11.2 Å². The number of aromatic nitrogens is 4. The van der Waals surface area contributed by atoms with Crippen molar-refractivity contribution in [3.05, 3.63) is 6.33 Å². The summed E-state index contributed by atoms with van der Waals surface area (Å²) in [6.45, 7) is 3.32. The van der Waals surface area contributed by atoms with Gasteiger partial charge in [0.25, 0.3) is 0 Å². The van der Waals surface area contributed by atoms with Crippen molar-refractivity contribution < 1.29 is 19.7 Å². The van der Waals surface area contributed by atoms with Crippen LogP contribution in [0.5, 0.6) is 5.88 Å². The lowest BCUT2D eigenvalue weighted by atomic mass is 9.84. The van der Waals surface area contributed by atoms with E-state index in [4.69, 9.17) is 15.2 Å². The van der Waals surface area contributed by atoms with Crippen LogP contribution in [-0.4, -0.2) is 55.2 Å². The molecule has 0 unspecified atom stereocenters. The highest BCUT2D eigenvalue weighted by atomic mass is 16.5. The van der Waals surface area contributed by atoms with Gasteiger partial charge in [-0.1, -0.05) is 0 Å². The average Bonchev–Trinajstić information content (AvgIpc) is 3.08. The Balaban J connectivity index is 2.14. The van der Waals surface area contributed by atoms with Crippen LogP contribution in [0.3, 0.4) is 0 Å². The van der Waals surface area contributed by atoms with Gasteiger partial charge in [0.05, 0.1) is 25.6 Å². The van der Waals surface area contributed by atoms with Gasteiger partial charge in [-0.25, -0.2) is 4.98 Å². The molecule has 0 bridgehead atoms. The van der Waals surface area contributed by atoms with Crippen molar-refractivity contribution in [3.8, 4) is 11.9 Å². The molecule has 0 saturated carbocycles. The Kier molecular flexibility index (Phi) is 4.00. The number of aliphatic hydroxyl groups is 2. The zero-order valence-electron chi connectivity index (χ0n) is 13.2. The number of nitrogens with zero attached hydrogens (tertiary/aromatic N) is 5. The number of ether oxygens (including phenoxy) is 2. The molecule has 128 valence electrons. The van der Waals surface area contributed by atoms with Gasteiger partial charge in [-0.15, -0.1) is 0 Å². The standard InChI is InChI=1S/C14H18N6O4/c1-3-23-11-8-10(18-13(16)19-11)20(6-17-8)12-14(2,5-15)9(22)7(4-21)24-12/h6-7,9,12,21-22H,3-4H2,1-2H3,(H2,16,18,19)/t7-,9-,12-,14-/m1/s1. The van der Waals surface area contributed by atoms with Crippen molar-refractivity contribution >= 4 is 17.1 Å². The summed E-state index contributed by atoms with van der Waals surface area (Å²) < 4.78 is 12.6. The largest absolute Gasteiger partial charge is 0.476 e. The maximum atomic E-state index is 10.3. The van der Waals surface area contributed by atoms with E-state index < -0.39 is 30.5 Å². The third-order valence-electron chi connectivity index (χ3n) is 4.14. The average molecular weight is 334 g/mol. The van der Waals surface area contributed by atoms with Crippen LogP contribution in [0.1, 0.15) is 20.1 Å². The van der Waals surface area contributed by atoms with Crippen molar-refractivity contribution in [2.75, 3.05) is 18.9 Å². The summed E-state index contributed by atoms with van der Waals surface area (Å²) >= 11 is 0. The summed E-state index contributed by atoms with van der Waals surface area (Å²) in [5.41, 5.74) is 5.12. The topological polar surface area (TPSA) is 152 Å². The van der Waals surface area contributed by atoms with Crippen molar-refractivity contribution in [2.24, 2.45) is 5.41 Å². The molecule has 1 saturated heterocycles. The van der Waals surface area contributed by atoms with Crippen molar-refractivity contribution in [1.29, 1.82) is 5.26 Å². The molecule has 10 heteroatoms. The van der Waals surface area contributed by atoms with Crippen molar-refractivity contribution in [2.45, 2.75) is 32.3 Å². The van der Waals surface area contributed by atoms with Gasteiger partial charge in [-0.3, -0.25) is 4.57 Å². The van der Waals surface area contributed by atoms with Crippen LogP contribution in [0.15, 0.2) is 6.33 Å². The normalized spacial score (nSPS) is 29.7. The summed E-state index contributed by atoms with van der Waals surface area (Å²) in [5, 5.41) is 29.2. The highest BCUT2D eigenvalue weighted by Gasteiger charge is 2.55. The molecule has 3 rings (SSSR count). The number of nitrogens with two attached hydrogens (primary N) is 1. The van der Waals surface area contributed by atoms with E-state index in [1.165, 1.54) is 10.9 Å². The highest BCUT2D eigenvalue weighted by Crippen LogP contribution is 2.45. The van der Waals surface area contributed by atoms with Crippen LogP contribution in [0.4, 0.5) is 5.95 Å². The lowest BCUT2D eigenvalue weighted by Gasteiger charge is -2.25. The molecule has 24 heavy (non-hydrogen) atoms. The maximum absolute atomic E-state index is 10.3. The fourth-order valence-corrected chi connectivity index (χ4v) is 2.85. The Labute approximate surface area is 137 Å². The number of fused-ring (bicyclic) bond motifs is 1. The SMILES string of the molecule is CCOc1nc(N)nc2c1ncn2[C@@H]1O[C@H](CO)[C@@H](O)[C@@]1(C)C#N. The lowest BCUT2D eigenvalue weighted by Crippen LogP contribution is -2.37. The van der Waals surface area contributed by atoms with Gasteiger partial charge in [0.2, 0.25) is 11.8 Å². The van der Waals surface area contributed by atoms with Gasteiger partial charge in [0.15, 0.2) is 17.4 Å². The Morgan fingerprint density at radius 3 is 2.92 bits per heavy atom. The number of hydrogen-bond donors (Lipinski definition) is 3. The van der Waals surface area contributed by atoms with E-state index in [1.54, 1.807) is 13.8 Å². The molecule has 4 N–H and O–H groups in total. The minimum atomic E-state index is -1.30. The molecular formula is C14H18N6O4. The van der Waals surface area contributed by atoms with Crippen LogP contribution < -0.4 is 10.5 Å². The van der Waals surface area contributed by atoms with Gasteiger partial charge in [0, 0.05) is 0 Å². The predicted octanol–water partition coefficient (Wildman–Crippen LogP) is -0.412. The van der Waals surface area contributed by atoms with Gasteiger partial charge < -0.3 is 25.4 Å². The first-order valence-electron chi connectivity index (χ1n) is 7.44. The van der Waals surface area contributed by atoms with E-state index in [2.05, 4.69) is 21.0 Å². The van der Waals surface area contributed by atoms with Crippen LogP contribution in [-0.2, 0) is 4.74 Å². The Morgan fingerprint density at radius 2 is 2.29 bits per heavy atom. The van der Waals surface area contributed by atoms with Gasteiger partial charge in [-0.2, -0.15) is 15.2 Å². The van der Waals surface area contributed by atoms with E-state index in [9.17, 15) is 15.5 Å². The fraction of sp³-hybridized carbons (Fsp3) is 0.571. The zero-order valence-corrected chi connectivity index (χ0v) is 13.2. The van der Waals surface area contributed by atoms with Crippen molar-refractivity contribution in [1.82, 2.24) is 19.5 Å². The third kappa shape index (κ3) is 2.25. The first kappa shape index (κ1) is 16.4. The summed E-state index contributed by atoms with van der Waals surface area (Å²) in [6, 6.07) is 2.07. The zero-order chi connectivity index (χ0) is 17.5. The summed E-state index contributed by atoms with van der Waals surface area (Å²) in [5.74, 6) is 0.221. The number of aliphatic hydroxyl groups excluding tert-OH is 2. The monoisotopic (exact) mass is 334 g/mol. The molecule has 1 aliphatic heterocycles. The Hall–Kier alpha value is -2.48. The maximum Gasteiger partial charge on any atom is 0.247 e. The van der Waals surface area contributed by atoms with Gasteiger partial charge in [0.1, 0.15) is 17.6 Å². The summed E-state index contributed by atoms with van der Waals surface area (Å²) in [4.78, 5) is 12.4. The molecule has 0 aliphatic carbocycles. The van der Waals surface area contributed by atoms with Crippen molar-refractivity contribution in [3.63, 3.8) is 0 Å². The smallest absolute Gasteiger partial charge is 0.247 e. The fourth-order valence-electron chi connectivity index (χ4n) is 2.85. The minimum Gasteiger partial charge on any atom is -0.476 e. The van der Waals surface area contributed by atoms with Crippen LogP contribution >= 0.6 is 0 Å². The molecular weight excluding hydrogens is 316 g/mol. The molecule has 0 aromatic carbocycles. The molecule has 0 spiro atoms. The molecule has 3 heterocycles. The van der Waals surface area contributed by atoms with E-state index in [0.717, 1.165) is 0 Å². The molecule has 2 aromatic heterocycles. The van der Waals surface area contributed by atoms with Crippen LogP contribution in [0, 0.1) is 16.7 Å². The molecule has 0 radical (unpaired) electrons. The molecule has 2 aromatic rings. The summed E-state index contributed by atoms with van der Waals surface area (Å²) in [7, 11) is 0. The number of rotatable bonds is 4. The second kappa shape index (κ2) is 5.86. The molecule has 10 nitrogen and oxygen atoms in total. The Bertz CT molecular complexity index is 802. The Morgan fingerprint density at radius 1 is 1.54 bits per heavy atom. The first-order chi connectivity index (χ1) is 11.5. The molecule has 0 amide bonds. The quantitative estimate of drug-likeness (QED) is 0.677. The molecule has 4 atom stereocenters. The second-order valence-electron chi connectivity index (χ2n) is 5.69. The van der Waals surface area contributed by atoms with Crippen LogP contribution in [0.2, 0.25) is 0 Å². The number of nitriles is 1. The predicted molar refractivity (Wildman–Crippen MR) is 81.6 cm³/mol. The van der Waals surface area contributed by atoms with Gasteiger partial charge >= 0.3 is 0 Å². The van der Waals surface area contributed by atoms with E-state index in [-0.39, 0.29) is 11.8 Å². The minimum absolute atomic E-state index is 0.0105. The van der Waals surface area contributed by atoms with E-state index >= 15 is 0 Å². The number of nitrogen functional groups attached to an aromatic ring is 1. The third-order valence-corrected chi connectivity index (χ3v) is 4.14. The molecule has 1 fully saturated rings. The number of hydrogen-bond acceptors (Lipinski definition) is 9. The van der Waals surface area contributed by atoms with E-state index in [0.29, 0.717) is 17.8 Å².